The van der Waals surface area contributed by atoms with Crippen molar-refractivity contribution < 1.29 is 104 Å². The monoisotopic (exact) mass is 828 g/mol. The first-order valence-corrected chi connectivity index (χ1v) is 12.3. The largest absolute Gasteiger partial charge is 2.00 e. The van der Waals surface area contributed by atoms with E-state index in [4.69, 9.17) is 0 Å². The van der Waals surface area contributed by atoms with Crippen LogP contribution in [0.2, 0.25) is 0 Å². The van der Waals surface area contributed by atoms with Crippen molar-refractivity contribution in [2.75, 3.05) is 0 Å². The Bertz CT molecular complexity index is 1490. The van der Waals surface area contributed by atoms with Crippen LogP contribution < -0.4 is 20.4 Å². The first kappa shape index (κ1) is 52.1. The van der Waals surface area contributed by atoms with Crippen LogP contribution in [-0.4, -0.2) is 43.6 Å². The SMILES string of the molecule is O=C([O-])c1ccccc1[N+](=O)[O-].O=C([O-])c1ccccc1[N+](=O)[O-].O=C([O-])c1ccccc1[N+](=O)[O-].O=C([O-])c1ccccc1[N+](=O)[O-].[Cu+2].[Cu+2].[OH3+].[OH3+]. The number of para-hydroxylation sites is 4. The van der Waals surface area contributed by atoms with Crippen LogP contribution in [0.5, 0.6) is 0 Å². The van der Waals surface area contributed by atoms with Crippen molar-refractivity contribution in [1.82, 2.24) is 0 Å². The molecule has 6 N–H and O–H groups in total. The molecule has 0 fully saturated rings. The number of carboxylic acid groups (broad SMARTS) is 4. The van der Waals surface area contributed by atoms with E-state index >= 15 is 0 Å². The predicted molar refractivity (Wildman–Crippen MR) is 159 cm³/mol. The van der Waals surface area contributed by atoms with Gasteiger partial charge in [0, 0.05) is 24.3 Å². The zero-order valence-electron chi connectivity index (χ0n) is 25.3. The molecule has 0 saturated heterocycles. The minimum Gasteiger partial charge on any atom is -0.545 e. The summed E-state index contributed by atoms with van der Waals surface area (Å²) in [7, 11) is 0. The van der Waals surface area contributed by atoms with E-state index in [1.807, 2.05) is 0 Å². The van der Waals surface area contributed by atoms with Crippen molar-refractivity contribution in [3.05, 3.63) is 160 Å². The van der Waals surface area contributed by atoms with Crippen molar-refractivity contribution in [2.24, 2.45) is 0 Å². The first-order valence-electron chi connectivity index (χ1n) is 12.3. The number of nitro groups is 4. The normalized spacial score (nSPS) is 8.62. The average Bonchev–Trinajstić information content (AvgIpc) is 3.05. The van der Waals surface area contributed by atoms with E-state index in [-0.39, 0.29) is 45.1 Å². The number of nitro benzene ring substituents is 4. The van der Waals surface area contributed by atoms with Crippen molar-refractivity contribution in [2.45, 2.75) is 0 Å². The van der Waals surface area contributed by atoms with Crippen LogP contribution in [0.25, 0.3) is 0 Å². The number of carbonyl (C=O) groups is 4. The Balaban J connectivity index is -0.000000288. The first-order chi connectivity index (χ1) is 22.5. The molecular weight excluding hydrogens is 807 g/mol. The fourth-order valence-corrected chi connectivity index (χ4v) is 3.22. The van der Waals surface area contributed by atoms with E-state index in [0.29, 0.717) is 0 Å². The number of carboxylic acids is 4. The Morgan fingerprint density at radius 2 is 0.481 bits per heavy atom. The summed E-state index contributed by atoms with van der Waals surface area (Å²) in [5, 5.41) is 82.2. The summed E-state index contributed by atoms with van der Waals surface area (Å²) < 4.78 is 0. The van der Waals surface area contributed by atoms with Crippen LogP contribution in [0.3, 0.4) is 0 Å². The number of carbonyl (C=O) groups excluding carboxylic acids is 4. The van der Waals surface area contributed by atoms with Crippen LogP contribution in [0.1, 0.15) is 41.4 Å². The summed E-state index contributed by atoms with van der Waals surface area (Å²) in [4.78, 5) is 79.2. The maximum Gasteiger partial charge on any atom is 2.00 e. The number of hydrogen-bond donors (Lipinski definition) is 0. The van der Waals surface area contributed by atoms with Crippen LogP contribution in [0.15, 0.2) is 97.1 Å². The van der Waals surface area contributed by atoms with Gasteiger partial charge in [-0.2, -0.15) is 0 Å². The number of nitrogens with zero attached hydrogens (tertiary/aromatic N) is 4. The summed E-state index contributed by atoms with van der Waals surface area (Å²) in [6.07, 6.45) is 0. The van der Waals surface area contributed by atoms with Gasteiger partial charge in [0.15, 0.2) is 0 Å². The van der Waals surface area contributed by atoms with Crippen molar-refractivity contribution >= 4 is 46.6 Å². The topological polar surface area (TPSA) is 399 Å². The molecule has 24 heteroatoms. The Morgan fingerprint density at radius 1 is 0.346 bits per heavy atom. The number of aromatic carboxylic acids is 4. The van der Waals surface area contributed by atoms with Gasteiger partial charge < -0.3 is 50.6 Å². The Morgan fingerprint density at radius 3 is 0.577 bits per heavy atom. The molecule has 22 nitrogen and oxygen atoms in total. The molecule has 0 aromatic heterocycles. The molecular formula is C28H22Cu2N4O18+2. The van der Waals surface area contributed by atoms with Crippen LogP contribution >= 0.6 is 0 Å². The Kier molecular flexibility index (Phi) is 25.4. The number of hydrogen-bond acceptors (Lipinski definition) is 16. The van der Waals surface area contributed by atoms with E-state index in [1.165, 1.54) is 48.5 Å². The third-order valence-corrected chi connectivity index (χ3v) is 5.28. The summed E-state index contributed by atoms with van der Waals surface area (Å²) in [6, 6.07) is 20.2. The molecule has 52 heavy (non-hydrogen) atoms. The maximum absolute atomic E-state index is 10.3. The van der Waals surface area contributed by atoms with E-state index < -0.39 is 88.6 Å². The molecule has 4 aromatic rings. The summed E-state index contributed by atoms with van der Waals surface area (Å²) >= 11 is 0. The van der Waals surface area contributed by atoms with Gasteiger partial charge in [-0.3, -0.25) is 40.5 Å². The summed E-state index contributed by atoms with van der Waals surface area (Å²) in [6.45, 7) is 0. The number of rotatable bonds is 8. The van der Waals surface area contributed by atoms with Gasteiger partial charge in [0.2, 0.25) is 0 Å². The molecule has 0 aliphatic carbocycles. The Hall–Kier alpha value is -6.68. The smallest absolute Gasteiger partial charge is 0.545 e. The van der Waals surface area contributed by atoms with E-state index in [9.17, 15) is 80.1 Å². The maximum atomic E-state index is 10.3. The summed E-state index contributed by atoms with van der Waals surface area (Å²) in [5.74, 6) is -6.16. The molecule has 2 radical (unpaired) electrons. The average molecular weight is 830 g/mol. The van der Waals surface area contributed by atoms with E-state index in [2.05, 4.69) is 0 Å². The Labute approximate surface area is 310 Å². The molecule has 0 spiro atoms. The standard InChI is InChI=1S/4C7H5NO4.2Cu.2H2O/c4*9-7(10)5-3-1-2-4-6(5)8(11)12;;;;/h4*1-4H,(H,9,10);;;2*1H2/q;;;;2*+2;;/p-2. The molecule has 0 amide bonds. The number of benzene rings is 4. The van der Waals surface area contributed by atoms with Gasteiger partial charge in [-0.05, 0) is 24.3 Å². The fourth-order valence-electron chi connectivity index (χ4n) is 3.22. The van der Waals surface area contributed by atoms with E-state index in [0.717, 1.165) is 48.5 Å². The minimum absolute atomic E-state index is 0. The quantitative estimate of drug-likeness (QED) is 0.0801. The second-order valence-corrected chi connectivity index (χ2v) is 8.25. The van der Waals surface area contributed by atoms with Gasteiger partial charge in [0.05, 0.1) is 65.8 Å². The van der Waals surface area contributed by atoms with Gasteiger partial charge in [-0.25, -0.2) is 0 Å². The zero-order chi connectivity index (χ0) is 36.6. The molecule has 0 saturated carbocycles. The molecule has 282 valence electrons. The van der Waals surface area contributed by atoms with Crippen LogP contribution in [-0.2, 0) is 45.1 Å². The van der Waals surface area contributed by atoms with Gasteiger partial charge >= 0.3 is 34.1 Å². The van der Waals surface area contributed by atoms with Crippen molar-refractivity contribution in [3.8, 4) is 0 Å². The zero-order valence-corrected chi connectivity index (χ0v) is 27.2. The molecule has 0 unspecified atom stereocenters. The van der Waals surface area contributed by atoms with Crippen LogP contribution in [0, 0.1) is 40.5 Å². The van der Waals surface area contributed by atoms with Gasteiger partial charge in [-0.15, -0.1) is 0 Å². The predicted octanol–water partition coefficient (Wildman–Crippen LogP) is -2.02. The molecule has 0 atom stereocenters. The van der Waals surface area contributed by atoms with Gasteiger partial charge in [0.25, 0.3) is 22.7 Å². The van der Waals surface area contributed by atoms with Crippen molar-refractivity contribution in [3.63, 3.8) is 0 Å². The molecule has 0 bridgehead atoms. The third kappa shape index (κ3) is 16.1. The van der Waals surface area contributed by atoms with Crippen molar-refractivity contribution in [1.29, 1.82) is 0 Å². The minimum atomic E-state index is -1.54. The molecule has 0 aliphatic heterocycles. The second-order valence-electron chi connectivity index (χ2n) is 8.25. The van der Waals surface area contributed by atoms with Crippen LogP contribution in [0.4, 0.5) is 22.7 Å². The summed E-state index contributed by atoms with van der Waals surface area (Å²) in [5.41, 5.74) is -3.39. The van der Waals surface area contributed by atoms with E-state index in [1.54, 1.807) is 0 Å². The third-order valence-electron chi connectivity index (χ3n) is 5.28. The molecule has 4 aromatic carbocycles. The van der Waals surface area contributed by atoms with Gasteiger partial charge in [-0.1, -0.05) is 48.5 Å². The second kappa shape index (κ2) is 25.3. The molecule has 4 rings (SSSR count). The fraction of sp³-hybridized carbons (Fsp3) is 0. The molecule has 0 aliphatic rings. The molecule has 0 heterocycles. The van der Waals surface area contributed by atoms with Gasteiger partial charge in [0.1, 0.15) is 0 Å².